The van der Waals surface area contributed by atoms with Crippen LogP contribution in [0.2, 0.25) is 0 Å². The molecule has 3 unspecified atom stereocenters. The van der Waals surface area contributed by atoms with Crippen molar-refractivity contribution in [3.8, 4) is 0 Å². The van der Waals surface area contributed by atoms with Gasteiger partial charge in [-0.25, -0.2) is 0 Å². The Bertz CT molecular complexity index is 268. The molecule has 1 nitrogen and oxygen atoms in total. The monoisotopic (exact) mass is 206 g/mol. The smallest absolute Gasteiger partial charge is 0.0631 e. The van der Waals surface area contributed by atoms with Gasteiger partial charge in [-0.3, -0.25) is 0 Å². The van der Waals surface area contributed by atoms with Crippen LogP contribution in [0, 0.1) is 5.92 Å². The van der Waals surface area contributed by atoms with Gasteiger partial charge >= 0.3 is 0 Å². The standard InChI is InChI=1S/C14H22O/c1-4-8-11(2)14(15)12(3)13-9-6-5-7-10-13/h5-7,9-12,14-15H,4,8H2,1-3H3. The summed E-state index contributed by atoms with van der Waals surface area (Å²) in [5, 5.41) is 10.2. The molecule has 1 aromatic rings. The molecule has 0 radical (unpaired) electrons. The van der Waals surface area contributed by atoms with E-state index in [0.717, 1.165) is 12.8 Å². The third-order valence-electron chi connectivity index (χ3n) is 3.16. The third kappa shape index (κ3) is 3.35. The van der Waals surface area contributed by atoms with Crippen LogP contribution in [0.15, 0.2) is 30.3 Å². The van der Waals surface area contributed by atoms with E-state index in [1.165, 1.54) is 5.56 Å². The molecule has 0 bridgehead atoms. The zero-order chi connectivity index (χ0) is 11.3. The van der Waals surface area contributed by atoms with Crippen LogP contribution in [0.5, 0.6) is 0 Å². The number of benzene rings is 1. The van der Waals surface area contributed by atoms with E-state index in [9.17, 15) is 5.11 Å². The van der Waals surface area contributed by atoms with Crippen molar-refractivity contribution in [3.63, 3.8) is 0 Å². The number of hydrogen-bond donors (Lipinski definition) is 1. The second-order valence-electron chi connectivity index (χ2n) is 4.46. The first-order valence-corrected chi connectivity index (χ1v) is 5.89. The molecule has 0 aromatic heterocycles. The zero-order valence-electron chi connectivity index (χ0n) is 9.98. The first-order valence-electron chi connectivity index (χ1n) is 5.89. The molecule has 0 heterocycles. The van der Waals surface area contributed by atoms with Gasteiger partial charge in [0.05, 0.1) is 6.10 Å². The molecule has 1 N–H and O–H groups in total. The molecule has 1 rings (SSSR count). The lowest BCUT2D eigenvalue weighted by molar-refractivity contribution is 0.0891. The highest BCUT2D eigenvalue weighted by molar-refractivity contribution is 5.20. The maximum Gasteiger partial charge on any atom is 0.0631 e. The van der Waals surface area contributed by atoms with Gasteiger partial charge in [-0.15, -0.1) is 0 Å². The Morgan fingerprint density at radius 1 is 1.13 bits per heavy atom. The lowest BCUT2D eigenvalue weighted by Gasteiger charge is -2.25. The second kappa shape index (κ2) is 5.92. The minimum Gasteiger partial charge on any atom is -0.392 e. The van der Waals surface area contributed by atoms with Crippen LogP contribution in [0.25, 0.3) is 0 Å². The van der Waals surface area contributed by atoms with Gasteiger partial charge in [-0.1, -0.05) is 57.5 Å². The number of aliphatic hydroxyl groups is 1. The predicted octanol–water partition coefficient (Wildman–Crippen LogP) is 3.59. The van der Waals surface area contributed by atoms with Crippen LogP contribution in [0.3, 0.4) is 0 Å². The number of hydrogen-bond acceptors (Lipinski definition) is 1. The molecule has 1 heteroatoms. The fourth-order valence-corrected chi connectivity index (χ4v) is 2.07. The molecular formula is C14H22O. The van der Waals surface area contributed by atoms with Crippen LogP contribution in [0.1, 0.15) is 45.1 Å². The summed E-state index contributed by atoms with van der Waals surface area (Å²) in [4.78, 5) is 0. The Balaban J connectivity index is 2.64. The molecule has 0 aliphatic heterocycles. The highest BCUT2D eigenvalue weighted by Gasteiger charge is 2.21. The van der Waals surface area contributed by atoms with E-state index in [4.69, 9.17) is 0 Å². The van der Waals surface area contributed by atoms with E-state index in [0.29, 0.717) is 5.92 Å². The quantitative estimate of drug-likeness (QED) is 0.780. The van der Waals surface area contributed by atoms with Crippen LogP contribution < -0.4 is 0 Å². The van der Waals surface area contributed by atoms with Crippen molar-refractivity contribution in [3.05, 3.63) is 35.9 Å². The van der Waals surface area contributed by atoms with Crippen molar-refractivity contribution < 1.29 is 5.11 Å². The minimum atomic E-state index is -0.229. The molecule has 15 heavy (non-hydrogen) atoms. The van der Waals surface area contributed by atoms with Crippen molar-refractivity contribution >= 4 is 0 Å². The summed E-state index contributed by atoms with van der Waals surface area (Å²) in [6, 6.07) is 10.3. The van der Waals surface area contributed by atoms with E-state index in [2.05, 4.69) is 32.9 Å². The lowest BCUT2D eigenvalue weighted by atomic mass is 9.86. The molecule has 84 valence electrons. The van der Waals surface area contributed by atoms with Gasteiger partial charge in [0.15, 0.2) is 0 Å². The summed E-state index contributed by atoms with van der Waals surface area (Å²) < 4.78 is 0. The van der Waals surface area contributed by atoms with Gasteiger partial charge in [0.2, 0.25) is 0 Å². The summed E-state index contributed by atoms with van der Waals surface area (Å²) in [7, 11) is 0. The molecule has 0 aliphatic rings. The molecule has 3 atom stereocenters. The van der Waals surface area contributed by atoms with Gasteiger partial charge < -0.3 is 5.11 Å². The van der Waals surface area contributed by atoms with Gasteiger partial charge in [0, 0.05) is 5.92 Å². The SMILES string of the molecule is CCCC(C)C(O)C(C)c1ccccc1. The lowest BCUT2D eigenvalue weighted by Crippen LogP contribution is -2.24. The third-order valence-corrected chi connectivity index (χ3v) is 3.16. The largest absolute Gasteiger partial charge is 0.392 e. The Morgan fingerprint density at radius 3 is 2.27 bits per heavy atom. The molecular weight excluding hydrogens is 184 g/mol. The number of rotatable bonds is 5. The summed E-state index contributed by atoms with van der Waals surface area (Å²) in [5.41, 5.74) is 1.23. The van der Waals surface area contributed by atoms with Crippen LogP contribution >= 0.6 is 0 Å². The van der Waals surface area contributed by atoms with Crippen molar-refractivity contribution in [1.82, 2.24) is 0 Å². The Hall–Kier alpha value is -0.820. The molecule has 0 amide bonds. The van der Waals surface area contributed by atoms with Crippen molar-refractivity contribution in [1.29, 1.82) is 0 Å². The summed E-state index contributed by atoms with van der Waals surface area (Å²) in [5.74, 6) is 0.609. The van der Waals surface area contributed by atoms with Gasteiger partial charge in [-0.2, -0.15) is 0 Å². The van der Waals surface area contributed by atoms with E-state index in [-0.39, 0.29) is 12.0 Å². The fraction of sp³-hybridized carbons (Fsp3) is 0.571. The van der Waals surface area contributed by atoms with E-state index in [1.54, 1.807) is 0 Å². The predicted molar refractivity (Wildman–Crippen MR) is 64.9 cm³/mol. The average molecular weight is 206 g/mol. The van der Waals surface area contributed by atoms with Crippen molar-refractivity contribution in [2.24, 2.45) is 5.92 Å². The van der Waals surface area contributed by atoms with Crippen molar-refractivity contribution in [2.45, 2.75) is 45.6 Å². The van der Waals surface area contributed by atoms with Crippen LogP contribution in [0.4, 0.5) is 0 Å². The molecule has 0 saturated heterocycles. The first kappa shape index (κ1) is 12.3. The van der Waals surface area contributed by atoms with Crippen molar-refractivity contribution in [2.75, 3.05) is 0 Å². The maximum atomic E-state index is 10.2. The van der Waals surface area contributed by atoms with E-state index >= 15 is 0 Å². The second-order valence-corrected chi connectivity index (χ2v) is 4.46. The van der Waals surface area contributed by atoms with E-state index in [1.807, 2.05) is 18.2 Å². The molecule has 1 aromatic carbocycles. The fourth-order valence-electron chi connectivity index (χ4n) is 2.07. The summed E-state index contributed by atoms with van der Waals surface area (Å²) in [6.07, 6.45) is 2.00. The molecule has 0 aliphatic carbocycles. The summed E-state index contributed by atoms with van der Waals surface area (Å²) >= 11 is 0. The van der Waals surface area contributed by atoms with Gasteiger partial charge in [0.25, 0.3) is 0 Å². The topological polar surface area (TPSA) is 20.2 Å². The normalized spacial score (nSPS) is 17.1. The molecule has 0 fully saturated rings. The Kier molecular flexibility index (Phi) is 4.83. The molecule has 0 spiro atoms. The van der Waals surface area contributed by atoms with Gasteiger partial charge in [0.1, 0.15) is 0 Å². The Labute approximate surface area is 93.1 Å². The summed E-state index contributed by atoms with van der Waals surface area (Å²) in [6.45, 7) is 6.40. The highest BCUT2D eigenvalue weighted by Crippen LogP contribution is 2.25. The zero-order valence-corrected chi connectivity index (χ0v) is 9.98. The number of aliphatic hydroxyl groups excluding tert-OH is 1. The van der Waals surface area contributed by atoms with Crippen LogP contribution in [-0.2, 0) is 0 Å². The maximum absolute atomic E-state index is 10.2. The first-order chi connectivity index (χ1) is 7.16. The van der Waals surface area contributed by atoms with Gasteiger partial charge in [-0.05, 0) is 17.9 Å². The highest BCUT2D eigenvalue weighted by atomic mass is 16.3. The van der Waals surface area contributed by atoms with Crippen LogP contribution in [-0.4, -0.2) is 11.2 Å². The van der Waals surface area contributed by atoms with E-state index < -0.39 is 0 Å². The molecule has 0 saturated carbocycles. The minimum absolute atomic E-state index is 0.229. The Morgan fingerprint density at radius 2 is 1.73 bits per heavy atom. The average Bonchev–Trinajstić information content (AvgIpc) is 2.28.